The largest absolute Gasteiger partial charge is 0.369 e. The summed E-state index contributed by atoms with van der Waals surface area (Å²) in [5, 5.41) is 6.20. The number of nitrogens with two attached hydrogens (primary N) is 1. The second-order valence-corrected chi connectivity index (χ2v) is 10.0. The summed E-state index contributed by atoms with van der Waals surface area (Å²) in [5.74, 6) is -3.02. The van der Waals surface area contributed by atoms with E-state index in [-0.39, 0.29) is 47.5 Å². The molecule has 0 aliphatic heterocycles. The van der Waals surface area contributed by atoms with Crippen molar-refractivity contribution in [1.82, 2.24) is 19.5 Å². The first-order chi connectivity index (χ1) is 17.2. The van der Waals surface area contributed by atoms with Gasteiger partial charge in [-0.1, -0.05) is 17.7 Å². The SMILES string of the molecule is NC(=O)C1CCC(n2c(Nc3cccc(Cl)c3F)nc3cnc(NC4CCC(F)(F)CC4)nc32)CC1. The number of carbonyl (C=O) groups is 1. The van der Waals surface area contributed by atoms with Crippen molar-refractivity contribution < 1.29 is 18.0 Å². The summed E-state index contributed by atoms with van der Waals surface area (Å²) in [7, 11) is 0. The molecule has 1 aromatic carbocycles. The number of hydrogen-bond donors (Lipinski definition) is 3. The smallest absolute Gasteiger partial charge is 0.248 e. The van der Waals surface area contributed by atoms with Gasteiger partial charge in [0.2, 0.25) is 23.7 Å². The molecule has 0 saturated heterocycles. The quantitative estimate of drug-likeness (QED) is 0.391. The first-order valence-electron chi connectivity index (χ1n) is 12.1. The molecule has 0 spiro atoms. The van der Waals surface area contributed by atoms with Crippen LogP contribution >= 0.6 is 11.6 Å². The fraction of sp³-hybridized carbons (Fsp3) is 0.500. The fourth-order valence-electron chi connectivity index (χ4n) is 5.10. The Balaban J connectivity index is 1.48. The van der Waals surface area contributed by atoms with Gasteiger partial charge in [0.15, 0.2) is 11.5 Å². The number of rotatable bonds is 6. The predicted octanol–water partition coefficient (Wildman–Crippen LogP) is 5.57. The summed E-state index contributed by atoms with van der Waals surface area (Å²) >= 11 is 5.96. The van der Waals surface area contributed by atoms with Gasteiger partial charge < -0.3 is 16.4 Å². The number of carbonyl (C=O) groups excluding carboxylic acids is 1. The van der Waals surface area contributed by atoms with Crippen molar-refractivity contribution in [3.8, 4) is 0 Å². The molecule has 4 N–H and O–H groups in total. The Morgan fingerprint density at radius 3 is 2.53 bits per heavy atom. The topological polar surface area (TPSA) is 111 Å². The van der Waals surface area contributed by atoms with Crippen LogP contribution in [0.1, 0.15) is 57.4 Å². The molecule has 12 heteroatoms. The van der Waals surface area contributed by atoms with Crippen LogP contribution in [-0.2, 0) is 4.79 Å². The Morgan fingerprint density at radius 2 is 1.83 bits per heavy atom. The number of anilines is 3. The number of hydrogen-bond acceptors (Lipinski definition) is 6. The van der Waals surface area contributed by atoms with E-state index < -0.39 is 11.7 Å². The monoisotopic (exact) mass is 521 g/mol. The molecule has 0 bridgehead atoms. The molecule has 2 heterocycles. The van der Waals surface area contributed by atoms with Crippen LogP contribution in [0.25, 0.3) is 11.2 Å². The van der Waals surface area contributed by atoms with Gasteiger partial charge in [0, 0.05) is 30.8 Å². The van der Waals surface area contributed by atoms with E-state index in [0.29, 0.717) is 61.6 Å². The Hall–Kier alpha value is -3.08. The number of aromatic nitrogens is 4. The van der Waals surface area contributed by atoms with Crippen LogP contribution in [0.4, 0.5) is 30.8 Å². The molecule has 5 rings (SSSR count). The van der Waals surface area contributed by atoms with E-state index in [1.165, 1.54) is 6.07 Å². The first kappa shape index (κ1) is 24.6. The molecule has 36 heavy (non-hydrogen) atoms. The van der Waals surface area contributed by atoms with E-state index >= 15 is 0 Å². The molecule has 192 valence electrons. The molecule has 0 radical (unpaired) electrons. The molecule has 0 unspecified atom stereocenters. The number of alkyl halides is 2. The zero-order chi connectivity index (χ0) is 25.4. The van der Waals surface area contributed by atoms with Gasteiger partial charge in [-0.2, -0.15) is 4.98 Å². The lowest BCUT2D eigenvalue weighted by atomic mass is 9.85. The second-order valence-electron chi connectivity index (χ2n) is 9.62. The maximum atomic E-state index is 14.7. The van der Waals surface area contributed by atoms with Gasteiger partial charge in [-0.25, -0.2) is 23.1 Å². The zero-order valence-electron chi connectivity index (χ0n) is 19.5. The van der Waals surface area contributed by atoms with Gasteiger partial charge >= 0.3 is 0 Å². The number of nitrogens with zero attached hydrogens (tertiary/aromatic N) is 4. The summed E-state index contributed by atoms with van der Waals surface area (Å²) in [6, 6.07) is 4.44. The van der Waals surface area contributed by atoms with Gasteiger partial charge in [0.1, 0.15) is 5.52 Å². The fourth-order valence-corrected chi connectivity index (χ4v) is 5.28. The van der Waals surface area contributed by atoms with E-state index in [1.54, 1.807) is 18.3 Å². The van der Waals surface area contributed by atoms with Crippen LogP contribution in [0.3, 0.4) is 0 Å². The zero-order valence-corrected chi connectivity index (χ0v) is 20.2. The Bertz CT molecular complexity index is 1270. The molecule has 8 nitrogen and oxygen atoms in total. The molecule has 2 aliphatic carbocycles. The van der Waals surface area contributed by atoms with Crippen molar-refractivity contribution >= 4 is 46.3 Å². The Labute approximate surface area is 210 Å². The van der Waals surface area contributed by atoms with Gasteiger partial charge in [-0.15, -0.1) is 0 Å². The van der Waals surface area contributed by atoms with E-state index in [0.717, 1.165) is 0 Å². The first-order valence-corrected chi connectivity index (χ1v) is 12.5. The highest BCUT2D eigenvalue weighted by atomic mass is 35.5. The molecule has 2 aliphatic rings. The van der Waals surface area contributed by atoms with Crippen molar-refractivity contribution in [3.05, 3.63) is 35.2 Å². The number of fused-ring (bicyclic) bond motifs is 1. The van der Waals surface area contributed by atoms with E-state index in [2.05, 4.69) is 25.6 Å². The molecule has 2 aromatic heterocycles. The molecular formula is C24H27ClF3N7O. The summed E-state index contributed by atoms with van der Waals surface area (Å²) in [5.41, 5.74) is 6.70. The van der Waals surface area contributed by atoms with E-state index in [4.69, 9.17) is 17.3 Å². The normalized spacial score (nSPS) is 22.4. The van der Waals surface area contributed by atoms with Crippen LogP contribution in [0.15, 0.2) is 24.4 Å². The number of benzene rings is 1. The number of primary amides is 1. The Kier molecular flexibility index (Phi) is 6.67. The lowest BCUT2D eigenvalue weighted by molar-refractivity contribution is -0.122. The minimum Gasteiger partial charge on any atom is -0.369 e. The van der Waals surface area contributed by atoms with Gasteiger partial charge in [-0.3, -0.25) is 9.36 Å². The lowest BCUT2D eigenvalue weighted by Crippen LogP contribution is -2.32. The summed E-state index contributed by atoms with van der Waals surface area (Å²) in [4.78, 5) is 25.3. The highest BCUT2D eigenvalue weighted by Gasteiger charge is 2.35. The average Bonchev–Trinajstić information content (AvgIpc) is 3.20. The van der Waals surface area contributed by atoms with Crippen molar-refractivity contribution in [3.63, 3.8) is 0 Å². The van der Waals surface area contributed by atoms with Crippen molar-refractivity contribution in [2.24, 2.45) is 11.7 Å². The molecular weight excluding hydrogens is 495 g/mol. The predicted molar refractivity (Wildman–Crippen MR) is 131 cm³/mol. The highest BCUT2D eigenvalue weighted by Crippen LogP contribution is 2.38. The third-order valence-electron chi connectivity index (χ3n) is 7.15. The molecule has 2 fully saturated rings. The van der Waals surface area contributed by atoms with Gasteiger partial charge in [0.05, 0.1) is 16.9 Å². The molecule has 0 atom stereocenters. The van der Waals surface area contributed by atoms with Crippen molar-refractivity contribution in [1.29, 1.82) is 0 Å². The van der Waals surface area contributed by atoms with Crippen LogP contribution in [0, 0.1) is 11.7 Å². The van der Waals surface area contributed by atoms with E-state index in [9.17, 15) is 18.0 Å². The highest BCUT2D eigenvalue weighted by molar-refractivity contribution is 6.31. The number of halogens is 4. The number of nitrogens with one attached hydrogen (secondary N) is 2. The summed E-state index contributed by atoms with van der Waals surface area (Å²) in [6.07, 6.45) is 4.44. The minimum absolute atomic E-state index is 0.0195. The third-order valence-corrected chi connectivity index (χ3v) is 7.44. The van der Waals surface area contributed by atoms with Crippen LogP contribution in [0.5, 0.6) is 0 Å². The van der Waals surface area contributed by atoms with Crippen molar-refractivity contribution in [2.75, 3.05) is 10.6 Å². The van der Waals surface area contributed by atoms with Gasteiger partial charge in [-0.05, 0) is 50.7 Å². The number of amides is 1. The van der Waals surface area contributed by atoms with Crippen LogP contribution in [-0.4, -0.2) is 37.4 Å². The van der Waals surface area contributed by atoms with E-state index in [1.807, 2.05) is 4.57 Å². The minimum atomic E-state index is -2.62. The average molecular weight is 522 g/mol. The molecule has 1 amide bonds. The standard InChI is InChI=1S/C24H27ClF3N7O/c25-16-2-1-3-17(19(16)26)32-23-33-18-12-30-22(31-14-8-10-24(27,28)11-9-14)34-21(18)35(23)15-6-4-13(5-7-15)20(29)36/h1-3,12-15H,4-11H2,(H2,29,36)(H,32,33)(H,30,31,34). The second kappa shape index (κ2) is 9.76. The van der Waals surface area contributed by atoms with Crippen molar-refractivity contribution in [2.45, 2.75) is 69.4 Å². The Morgan fingerprint density at radius 1 is 1.11 bits per heavy atom. The molecule has 2 saturated carbocycles. The maximum Gasteiger partial charge on any atom is 0.248 e. The van der Waals surface area contributed by atoms with Crippen LogP contribution in [0.2, 0.25) is 5.02 Å². The maximum absolute atomic E-state index is 14.7. The summed E-state index contributed by atoms with van der Waals surface area (Å²) in [6.45, 7) is 0. The summed E-state index contributed by atoms with van der Waals surface area (Å²) < 4.78 is 43.7. The number of imidazole rings is 1. The third kappa shape index (κ3) is 5.07. The lowest BCUT2D eigenvalue weighted by Gasteiger charge is -2.29. The molecule has 3 aromatic rings. The van der Waals surface area contributed by atoms with Gasteiger partial charge in [0.25, 0.3) is 0 Å². The van der Waals surface area contributed by atoms with Crippen LogP contribution < -0.4 is 16.4 Å².